The van der Waals surface area contributed by atoms with E-state index in [1.807, 2.05) is 24.3 Å². The summed E-state index contributed by atoms with van der Waals surface area (Å²) in [5.41, 5.74) is 1.25. The number of methoxy groups -OCH3 is 2. The summed E-state index contributed by atoms with van der Waals surface area (Å²) in [4.78, 5) is 12.5. The Morgan fingerprint density at radius 2 is 1.76 bits per heavy atom. The van der Waals surface area contributed by atoms with Crippen molar-refractivity contribution in [2.24, 2.45) is 5.92 Å². The minimum Gasteiger partial charge on any atom is -0.497 e. The second-order valence-electron chi connectivity index (χ2n) is 6.28. The highest BCUT2D eigenvalue weighted by Crippen LogP contribution is 2.25. The molecule has 134 valence electrons. The quantitative estimate of drug-likeness (QED) is 0.811. The average molecular weight is 345 g/mol. The van der Waals surface area contributed by atoms with Crippen LogP contribution in [0.2, 0.25) is 0 Å². The van der Waals surface area contributed by atoms with Gasteiger partial charge in [0.25, 0.3) is 5.91 Å². The van der Waals surface area contributed by atoms with Crippen LogP contribution in [-0.4, -0.2) is 20.1 Å². The van der Waals surface area contributed by atoms with Crippen molar-refractivity contribution in [1.29, 1.82) is 0 Å². The van der Waals surface area contributed by atoms with Gasteiger partial charge in [0.1, 0.15) is 5.75 Å². The molecule has 0 spiro atoms. The Morgan fingerprint density at radius 3 is 2.28 bits per heavy atom. The van der Waals surface area contributed by atoms with Crippen molar-refractivity contribution in [2.75, 3.05) is 14.2 Å². The summed E-state index contributed by atoms with van der Waals surface area (Å²) in [5.74, 6) is 0.393. The number of hydrogen-bond donors (Lipinski definition) is 1. The molecule has 5 heteroatoms. The van der Waals surface area contributed by atoms with Crippen LogP contribution in [0, 0.1) is 11.7 Å². The number of carbonyl (C=O) groups is 1. The van der Waals surface area contributed by atoms with Crippen molar-refractivity contribution in [3.63, 3.8) is 0 Å². The van der Waals surface area contributed by atoms with E-state index in [1.54, 1.807) is 13.2 Å². The SMILES string of the molecule is COc1ccc([C@H](CC(C)C)NC(=O)c2ccc(OC)c(F)c2)cc1. The van der Waals surface area contributed by atoms with Gasteiger partial charge in [-0.15, -0.1) is 0 Å². The third kappa shape index (κ3) is 4.95. The van der Waals surface area contributed by atoms with Gasteiger partial charge in [0.15, 0.2) is 11.6 Å². The van der Waals surface area contributed by atoms with E-state index in [9.17, 15) is 9.18 Å². The second-order valence-corrected chi connectivity index (χ2v) is 6.28. The van der Waals surface area contributed by atoms with Gasteiger partial charge in [-0.3, -0.25) is 4.79 Å². The first kappa shape index (κ1) is 18.8. The molecule has 1 amide bonds. The Hall–Kier alpha value is -2.56. The minimum absolute atomic E-state index is 0.116. The molecular formula is C20H24FNO3. The second kappa shape index (κ2) is 8.51. The molecule has 0 aliphatic carbocycles. The van der Waals surface area contributed by atoms with E-state index in [-0.39, 0.29) is 23.3 Å². The molecule has 2 aromatic carbocycles. The number of hydrogen-bond acceptors (Lipinski definition) is 3. The minimum atomic E-state index is -0.556. The van der Waals surface area contributed by atoms with Crippen LogP contribution in [0.1, 0.15) is 42.2 Å². The van der Waals surface area contributed by atoms with Gasteiger partial charge >= 0.3 is 0 Å². The van der Waals surface area contributed by atoms with Crippen molar-refractivity contribution >= 4 is 5.91 Å². The lowest BCUT2D eigenvalue weighted by Gasteiger charge is -2.21. The highest BCUT2D eigenvalue weighted by molar-refractivity contribution is 5.94. The highest BCUT2D eigenvalue weighted by Gasteiger charge is 2.18. The molecule has 0 saturated carbocycles. The van der Waals surface area contributed by atoms with Crippen molar-refractivity contribution in [3.8, 4) is 11.5 Å². The fourth-order valence-corrected chi connectivity index (χ4v) is 2.64. The van der Waals surface area contributed by atoms with E-state index in [4.69, 9.17) is 9.47 Å². The van der Waals surface area contributed by atoms with Crippen LogP contribution in [0.5, 0.6) is 11.5 Å². The first-order valence-electron chi connectivity index (χ1n) is 8.23. The van der Waals surface area contributed by atoms with Gasteiger partial charge in [-0.25, -0.2) is 4.39 Å². The molecule has 0 heterocycles. The number of carbonyl (C=O) groups excluding carboxylic acids is 1. The van der Waals surface area contributed by atoms with Crippen LogP contribution >= 0.6 is 0 Å². The molecule has 1 N–H and O–H groups in total. The first-order chi connectivity index (χ1) is 11.9. The lowest BCUT2D eigenvalue weighted by Crippen LogP contribution is -2.29. The van der Waals surface area contributed by atoms with Crippen LogP contribution in [0.3, 0.4) is 0 Å². The smallest absolute Gasteiger partial charge is 0.251 e. The van der Waals surface area contributed by atoms with Gasteiger partial charge in [-0.2, -0.15) is 0 Å². The topological polar surface area (TPSA) is 47.6 Å². The zero-order valence-corrected chi connectivity index (χ0v) is 15.0. The van der Waals surface area contributed by atoms with E-state index < -0.39 is 5.82 Å². The fourth-order valence-electron chi connectivity index (χ4n) is 2.64. The van der Waals surface area contributed by atoms with Crippen LogP contribution in [-0.2, 0) is 0 Å². The summed E-state index contributed by atoms with van der Waals surface area (Å²) in [6.07, 6.45) is 0.775. The fraction of sp³-hybridized carbons (Fsp3) is 0.350. The Labute approximate surface area is 148 Å². The summed E-state index contributed by atoms with van der Waals surface area (Å²) in [6.45, 7) is 4.19. The molecule has 0 aliphatic rings. The maximum Gasteiger partial charge on any atom is 0.251 e. The van der Waals surface area contributed by atoms with Gasteiger partial charge in [0.2, 0.25) is 0 Å². The normalized spacial score (nSPS) is 11.9. The Bertz CT molecular complexity index is 713. The maximum absolute atomic E-state index is 13.8. The molecule has 0 unspecified atom stereocenters. The average Bonchev–Trinajstić information content (AvgIpc) is 2.60. The molecule has 4 nitrogen and oxygen atoms in total. The van der Waals surface area contributed by atoms with Crippen molar-refractivity contribution in [1.82, 2.24) is 5.32 Å². The number of halogens is 1. The Morgan fingerprint density at radius 1 is 1.08 bits per heavy atom. The molecular weight excluding hydrogens is 321 g/mol. The number of ether oxygens (including phenoxy) is 2. The van der Waals surface area contributed by atoms with Crippen LogP contribution in [0.25, 0.3) is 0 Å². The molecule has 2 aromatic rings. The largest absolute Gasteiger partial charge is 0.497 e. The summed E-state index contributed by atoms with van der Waals surface area (Å²) in [5, 5.41) is 3.00. The summed E-state index contributed by atoms with van der Waals surface area (Å²) < 4.78 is 23.9. The van der Waals surface area contributed by atoms with E-state index >= 15 is 0 Å². The van der Waals surface area contributed by atoms with Crippen molar-refractivity contribution in [2.45, 2.75) is 26.3 Å². The molecule has 0 bridgehead atoms. The molecule has 0 aromatic heterocycles. The zero-order valence-electron chi connectivity index (χ0n) is 15.0. The maximum atomic E-state index is 13.8. The Kier molecular flexibility index (Phi) is 6.39. The molecule has 1 atom stereocenters. The molecule has 25 heavy (non-hydrogen) atoms. The number of amides is 1. The Balaban J connectivity index is 2.20. The van der Waals surface area contributed by atoms with Crippen molar-refractivity contribution in [3.05, 3.63) is 59.4 Å². The summed E-state index contributed by atoms with van der Waals surface area (Å²) >= 11 is 0. The predicted octanol–water partition coefficient (Wildman–Crippen LogP) is 4.36. The highest BCUT2D eigenvalue weighted by atomic mass is 19.1. The lowest BCUT2D eigenvalue weighted by molar-refractivity contribution is 0.0931. The number of benzene rings is 2. The molecule has 0 saturated heterocycles. The van der Waals surface area contributed by atoms with Gasteiger partial charge < -0.3 is 14.8 Å². The van der Waals surface area contributed by atoms with E-state index in [0.717, 1.165) is 17.7 Å². The van der Waals surface area contributed by atoms with E-state index in [0.29, 0.717) is 5.92 Å². The van der Waals surface area contributed by atoms with E-state index in [2.05, 4.69) is 19.2 Å². The standard InChI is InChI=1S/C20H24FNO3/c1-13(2)11-18(14-5-8-16(24-3)9-6-14)22-20(23)15-7-10-19(25-4)17(21)12-15/h5-10,12-13,18H,11H2,1-4H3,(H,22,23)/t18-/m0/s1. The van der Waals surface area contributed by atoms with Gasteiger partial charge in [-0.1, -0.05) is 26.0 Å². The van der Waals surface area contributed by atoms with Crippen LogP contribution in [0.4, 0.5) is 4.39 Å². The van der Waals surface area contributed by atoms with Gasteiger partial charge in [0.05, 0.1) is 20.3 Å². The molecule has 0 radical (unpaired) electrons. The van der Waals surface area contributed by atoms with E-state index in [1.165, 1.54) is 19.2 Å². The van der Waals surface area contributed by atoms with Crippen molar-refractivity contribution < 1.29 is 18.7 Å². The monoisotopic (exact) mass is 345 g/mol. The summed E-state index contributed by atoms with van der Waals surface area (Å²) in [7, 11) is 3.00. The van der Waals surface area contributed by atoms with Gasteiger partial charge in [-0.05, 0) is 48.2 Å². The molecule has 0 aliphatic heterocycles. The lowest BCUT2D eigenvalue weighted by atomic mass is 9.96. The number of rotatable bonds is 7. The number of nitrogens with one attached hydrogen (secondary N) is 1. The third-order valence-electron chi connectivity index (χ3n) is 3.94. The molecule has 0 fully saturated rings. The summed E-state index contributed by atoms with van der Waals surface area (Å²) in [6, 6.07) is 11.6. The van der Waals surface area contributed by atoms with Crippen LogP contribution < -0.4 is 14.8 Å². The first-order valence-corrected chi connectivity index (χ1v) is 8.23. The zero-order chi connectivity index (χ0) is 18.4. The van der Waals surface area contributed by atoms with Crippen LogP contribution in [0.15, 0.2) is 42.5 Å². The predicted molar refractivity (Wildman–Crippen MR) is 95.6 cm³/mol. The molecule has 2 rings (SSSR count). The van der Waals surface area contributed by atoms with Gasteiger partial charge in [0, 0.05) is 5.56 Å². The third-order valence-corrected chi connectivity index (χ3v) is 3.94.